The quantitative estimate of drug-likeness (QED) is 0.721. The molecule has 1 saturated carbocycles. The monoisotopic (exact) mass is 337 g/mol. The van der Waals surface area contributed by atoms with Crippen molar-refractivity contribution < 1.29 is 0 Å². The van der Waals surface area contributed by atoms with Crippen LogP contribution in [0.1, 0.15) is 6.42 Å². The Morgan fingerprint density at radius 1 is 1.29 bits per heavy atom. The molecule has 24 heavy (non-hydrogen) atoms. The summed E-state index contributed by atoms with van der Waals surface area (Å²) < 4.78 is 2.18. The highest BCUT2D eigenvalue weighted by Gasteiger charge is 2.36. The minimum atomic E-state index is -0.0739. The Hall–Kier alpha value is -2.54. The summed E-state index contributed by atoms with van der Waals surface area (Å²) in [6.07, 6.45) is 8.53. The number of aromatic nitrogens is 3. The number of rotatable bonds is 2. The van der Waals surface area contributed by atoms with E-state index in [0.29, 0.717) is 22.4 Å². The highest BCUT2D eigenvalue weighted by Crippen LogP contribution is 2.42. The van der Waals surface area contributed by atoms with Gasteiger partial charge < -0.3 is 4.90 Å². The molecule has 4 heterocycles. The molecule has 3 aromatic rings. The molecule has 2 aliphatic rings. The average Bonchev–Trinajstić information content (AvgIpc) is 3.25. The van der Waals surface area contributed by atoms with E-state index in [2.05, 4.69) is 21.0 Å². The Bertz CT molecular complexity index is 1110. The SMILES string of the molecule is CN(C)c1ccnc2sc3c(=O)n(C4=CC5CC5C=N4)cnc3c12. The third-order valence-electron chi connectivity index (χ3n) is 4.64. The van der Waals surface area contributed by atoms with Crippen LogP contribution in [0.15, 0.2) is 34.5 Å². The van der Waals surface area contributed by atoms with Gasteiger partial charge in [-0.2, -0.15) is 0 Å². The maximum atomic E-state index is 13.0. The lowest BCUT2D eigenvalue weighted by molar-refractivity contribution is 0.928. The summed E-state index contributed by atoms with van der Waals surface area (Å²) in [6, 6.07) is 1.95. The molecule has 1 fully saturated rings. The fraction of sp³-hybridized carbons (Fsp3) is 0.294. The second kappa shape index (κ2) is 4.73. The number of hydrogen-bond acceptors (Lipinski definition) is 6. The van der Waals surface area contributed by atoms with Gasteiger partial charge in [0.1, 0.15) is 27.2 Å². The van der Waals surface area contributed by atoms with E-state index in [1.165, 1.54) is 11.3 Å². The molecule has 7 heteroatoms. The van der Waals surface area contributed by atoms with Crippen LogP contribution in [-0.4, -0.2) is 34.8 Å². The van der Waals surface area contributed by atoms with E-state index in [4.69, 9.17) is 0 Å². The molecule has 0 amide bonds. The summed E-state index contributed by atoms with van der Waals surface area (Å²) in [4.78, 5) is 29.3. The maximum Gasteiger partial charge on any atom is 0.277 e. The molecule has 0 saturated heterocycles. The van der Waals surface area contributed by atoms with Gasteiger partial charge in [0.15, 0.2) is 0 Å². The zero-order valence-electron chi connectivity index (χ0n) is 13.3. The number of nitrogens with zero attached hydrogens (tertiary/aromatic N) is 5. The third-order valence-corrected chi connectivity index (χ3v) is 5.72. The van der Waals surface area contributed by atoms with Crippen LogP contribution in [0.2, 0.25) is 0 Å². The smallest absolute Gasteiger partial charge is 0.277 e. The fourth-order valence-electron chi connectivity index (χ4n) is 3.22. The molecule has 6 nitrogen and oxygen atoms in total. The summed E-state index contributed by atoms with van der Waals surface area (Å²) in [7, 11) is 3.96. The van der Waals surface area contributed by atoms with E-state index in [0.717, 1.165) is 27.8 Å². The Balaban J connectivity index is 1.78. The van der Waals surface area contributed by atoms with Crippen molar-refractivity contribution in [2.24, 2.45) is 16.8 Å². The van der Waals surface area contributed by atoms with E-state index >= 15 is 0 Å². The van der Waals surface area contributed by atoms with Gasteiger partial charge in [-0.05, 0) is 24.5 Å². The predicted octanol–water partition coefficient (Wildman–Crippen LogP) is 2.59. The van der Waals surface area contributed by atoms with Crippen molar-refractivity contribution in [1.29, 1.82) is 0 Å². The largest absolute Gasteiger partial charge is 0.377 e. The van der Waals surface area contributed by atoms with Crippen molar-refractivity contribution in [3.63, 3.8) is 0 Å². The summed E-state index contributed by atoms with van der Waals surface area (Å²) >= 11 is 1.40. The highest BCUT2D eigenvalue weighted by atomic mass is 32.1. The number of fused-ring (bicyclic) bond motifs is 4. The van der Waals surface area contributed by atoms with Gasteiger partial charge >= 0.3 is 0 Å². The van der Waals surface area contributed by atoms with Gasteiger partial charge in [-0.3, -0.25) is 4.79 Å². The van der Waals surface area contributed by atoms with Crippen molar-refractivity contribution in [3.05, 3.63) is 35.0 Å². The average molecular weight is 337 g/mol. The van der Waals surface area contributed by atoms with Gasteiger partial charge in [0.25, 0.3) is 5.56 Å². The number of allylic oxidation sites excluding steroid dienone is 1. The number of anilines is 1. The molecule has 1 aliphatic heterocycles. The van der Waals surface area contributed by atoms with Crippen LogP contribution in [0.3, 0.4) is 0 Å². The number of aliphatic imine (C=N–C) groups is 1. The van der Waals surface area contributed by atoms with Crippen LogP contribution in [0.5, 0.6) is 0 Å². The van der Waals surface area contributed by atoms with Gasteiger partial charge in [0.05, 0.1) is 11.1 Å². The topological polar surface area (TPSA) is 63.4 Å². The van der Waals surface area contributed by atoms with Crippen LogP contribution in [-0.2, 0) is 0 Å². The van der Waals surface area contributed by atoms with Gasteiger partial charge in [0.2, 0.25) is 0 Å². The van der Waals surface area contributed by atoms with Crippen LogP contribution < -0.4 is 10.5 Å². The summed E-state index contributed by atoms with van der Waals surface area (Å²) in [5, 5.41) is 0.940. The second-order valence-corrected chi connectivity index (χ2v) is 7.47. The molecule has 2 atom stereocenters. The Kier molecular flexibility index (Phi) is 2.73. The highest BCUT2D eigenvalue weighted by molar-refractivity contribution is 7.25. The summed E-state index contributed by atoms with van der Waals surface area (Å²) in [5.74, 6) is 1.79. The van der Waals surface area contributed by atoms with Gasteiger partial charge in [-0.25, -0.2) is 19.5 Å². The van der Waals surface area contributed by atoms with Crippen LogP contribution in [0.4, 0.5) is 5.69 Å². The number of hydrogen-bond donors (Lipinski definition) is 0. The number of thiophene rings is 1. The predicted molar refractivity (Wildman–Crippen MR) is 97.9 cm³/mol. The summed E-state index contributed by atoms with van der Waals surface area (Å²) in [5.41, 5.74) is 1.67. The lowest BCUT2D eigenvalue weighted by Gasteiger charge is -2.13. The second-order valence-electron chi connectivity index (χ2n) is 6.47. The molecule has 0 aromatic carbocycles. The summed E-state index contributed by atoms with van der Waals surface area (Å²) in [6.45, 7) is 0. The maximum absolute atomic E-state index is 13.0. The zero-order chi connectivity index (χ0) is 16.4. The van der Waals surface area contributed by atoms with E-state index in [-0.39, 0.29) is 5.56 Å². The minimum Gasteiger partial charge on any atom is -0.377 e. The molecular weight excluding hydrogens is 322 g/mol. The Labute approximate surface area is 141 Å². The van der Waals surface area contributed by atoms with Crippen LogP contribution in [0.25, 0.3) is 26.3 Å². The first-order chi connectivity index (χ1) is 11.6. The first kappa shape index (κ1) is 13.9. The minimum absolute atomic E-state index is 0.0739. The van der Waals surface area contributed by atoms with E-state index in [1.807, 2.05) is 31.3 Å². The van der Waals surface area contributed by atoms with Crippen LogP contribution >= 0.6 is 11.3 Å². The van der Waals surface area contributed by atoms with Gasteiger partial charge in [-0.15, -0.1) is 11.3 Å². The van der Waals surface area contributed by atoms with E-state index in [9.17, 15) is 4.79 Å². The molecule has 0 N–H and O–H groups in total. The molecule has 1 aliphatic carbocycles. The van der Waals surface area contributed by atoms with Crippen molar-refractivity contribution >= 4 is 49.5 Å². The van der Waals surface area contributed by atoms with Gasteiger partial charge in [-0.1, -0.05) is 0 Å². The third kappa shape index (κ3) is 1.88. The van der Waals surface area contributed by atoms with Crippen molar-refractivity contribution in [2.45, 2.75) is 6.42 Å². The lowest BCUT2D eigenvalue weighted by atomic mass is 10.2. The molecular formula is C17H15N5OS. The fourth-order valence-corrected chi connectivity index (χ4v) is 4.27. The van der Waals surface area contributed by atoms with E-state index in [1.54, 1.807) is 17.1 Å². The molecule has 5 rings (SSSR count). The molecule has 120 valence electrons. The van der Waals surface area contributed by atoms with Gasteiger partial charge in [0, 0.05) is 32.4 Å². The first-order valence-electron chi connectivity index (χ1n) is 7.86. The zero-order valence-corrected chi connectivity index (χ0v) is 14.1. The van der Waals surface area contributed by atoms with E-state index < -0.39 is 0 Å². The molecule has 3 aromatic heterocycles. The molecule has 2 unspecified atom stereocenters. The van der Waals surface area contributed by atoms with Crippen LogP contribution in [0, 0.1) is 11.8 Å². The number of pyridine rings is 1. The Morgan fingerprint density at radius 3 is 2.96 bits per heavy atom. The standard InChI is InChI=1S/C17H15N5OS/c1-21(2)11-3-4-18-16-13(11)14-15(24-16)17(23)22(8-20-14)12-6-9-5-10(9)7-19-12/h3-4,6-10H,5H2,1-2H3. The van der Waals surface area contributed by atoms with Crippen molar-refractivity contribution in [3.8, 4) is 0 Å². The molecule has 0 radical (unpaired) electrons. The normalized spacial score (nSPS) is 21.8. The molecule has 0 spiro atoms. The lowest BCUT2D eigenvalue weighted by Crippen LogP contribution is -2.19. The Morgan fingerprint density at radius 2 is 2.17 bits per heavy atom. The first-order valence-corrected chi connectivity index (χ1v) is 8.67. The molecule has 0 bridgehead atoms. The van der Waals surface area contributed by atoms with Crippen molar-refractivity contribution in [2.75, 3.05) is 19.0 Å². The van der Waals surface area contributed by atoms with Crippen molar-refractivity contribution in [1.82, 2.24) is 14.5 Å².